The van der Waals surface area contributed by atoms with Crippen molar-refractivity contribution in [1.29, 1.82) is 0 Å². The van der Waals surface area contributed by atoms with E-state index in [4.69, 9.17) is 4.74 Å². The lowest BCUT2D eigenvalue weighted by molar-refractivity contribution is 0.231. The van der Waals surface area contributed by atoms with E-state index >= 15 is 0 Å². The molecule has 0 amide bonds. The first-order valence-electron chi connectivity index (χ1n) is 7.60. The van der Waals surface area contributed by atoms with Gasteiger partial charge in [-0.3, -0.25) is 0 Å². The molecule has 0 aliphatic heterocycles. The highest BCUT2D eigenvalue weighted by Crippen LogP contribution is 2.48. The summed E-state index contributed by atoms with van der Waals surface area (Å²) in [5.74, 6) is 0.974. The van der Waals surface area contributed by atoms with Gasteiger partial charge in [0.05, 0.1) is 6.61 Å². The second-order valence-electron chi connectivity index (χ2n) is 7.52. The van der Waals surface area contributed by atoms with Crippen LogP contribution in [0, 0.1) is 5.41 Å². The van der Waals surface area contributed by atoms with Gasteiger partial charge in [0, 0.05) is 16.6 Å². The number of ether oxygens (including phenoxy) is 1. The Kier molecular flexibility index (Phi) is 2.89. The molecule has 3 rings (SSSR count). The molecule has 108 valence electrons. The quantitative estimate of drug-likeness (QED) is 0.832. The normalized spacial score (nSPS) is 19.9. The summed E-state index contributed by atoms with van der Waals surface area (Å²) in [7, 11) is 0. The van der Waals surface area contributed by atoms with Crippen LogP contribution in [0.4, 0.5) is 0 Å². The Morgan fingerprint density at radius 1 is 1.20 bits per heavy atom. The van der Waals surface area contributed by atoms with Crippen molar-refractivity contribution in [1.82, 2.24) is 4.98 Å². The van der Waals surface area contributed by atoms with Crippen LogP contribution in [0.15, 0.2) is 18.2 Å². The molecule has 0 unspecified atom stereocenters. The molecular weight excluding hydrogens is 246 g/mol. The first-order chi connectivity index (χ1) is 9.32. The molecule has 2 aromatic rings. The number of fused-ring (bicyclic) bond motifs is 3. The van der Waals surface area contributed by atoms with Gasteiger partial charge in [-0.2, -0.15) is 0 Å². The number of aromatic amines is 1. The molecule has 0 fully saturated rings. The summed E-state index contributed by atoms with van der Waals surface area (Å²) in [6, 6.07) is 6.42. The van der Waals surface area contributed by atoms with Crippen LogP contribution in [0.5, 0.6) is 5.75 Å². The predicted octanol–water partition coefficient (Wildman–Crippen LogP) is 4.82. The molecule has 2 heteroatoms. The van der Waals surface area contributed by atoms with Crippen LogP contribution in [0.2, 0.25) is 0 Å². The van der Waals surface area contributed by atoms with Crippen molar-refractivity contribution >= 4 is 10.9 Å². The van der Waals surface area contributed by atoms with Crippen molar-refractivity contribution in [3.63, 3.8) is 0 Å². The van der Waals surface area contributed by atoms with Gasteiger partial charge in [-0.15, -0.1) is 0 Å². The van der Waals surface area contributed by atoms with Gasteiger partial charge >= 0.3 is 0 Å². The van der Waals surface area contributed by atoms with Gasteiger partial charge in [-0.1, -0.05) is 27.7 Å². The van der Waals surface area contributed by atoms with Crippen LogP contribution in [-0.2, 0) is 11.8 Å². The van der Waals surface area contributed by atoms with E-state index in [1.165, 1.54) is 28.6 Å². The Labute approximate surface area is 121 Å². The third-order valence-corrected chi connectivity index (χ3v) is 4.41. The van der Waals surface area contributed by atoms with Crippen LogP contribution in [0.25, 0.3) is 10.9 Å². The summed E-state index contributed by atoms with van der Waals surface area (Å²) in [4.78, 5) is 3.64. The molecule has 0 radical (unpaired) electrons. The summed E-state index contributed by atoms with van der Waals surface area (Å²) >= 11 is 0. The summed E-state index contributed by atoms with van der Waals surface area (Å²) in [5, 5.41) is 1.34. The average Bonchev–Trinajstić information content (AvgIpc) is 2.64. The summed E-state index contributed by atoms with van der Waals surface area (Å²) in [6.07, 6.45) is 2.35. The molecule has 1 aromatic carbocycles. The number of aromatic nitrogens is 1. The van der Waals surface area contributed by atoms with E-state index in [1.54, 1.807) is 0 Å². The Hall–Kier alpha value is -1.44. The highest BCUT2D eigenvalue weighted by Gasteiger charge is 2.39. The second kappa shape index (κ2) is 4.28. The maximum Gasteiger partial charge on any atom is 0.120 e. The van der Waals surface area contributed by atoms with Crippen LogP contribution < -0.4 is 4.74 Å². The summed E-state index contributed by atoms with van der Waals surface area (Å²) < 4.78 is 5.67. The van der Waals surface area contributed by atoms with E-state index in [1.807, 2.05) is 6.92 Å². The van der Waals surface area contributed by atoms with Crippen LogP contribution >= 0.6 is 0 Å². The van der Waals surface area contributed by atoms with Gasteiger partial charge in [0.2, 0.25) is 0 Å². The maximum atomic E-state index is 5.67. The maximum absolute atomic E-state index is 5.67. The van der Waals surface area contributed by atoms with Crippen LogP contribution in [0.3, 0.4) is 0 Å². The largest absolute Gasteiger partial charge is 0.494 e. The molecule has 1 aliphatic carbocycles. The zero-order valence-electron chi connectivity index (χ0n) is 13.3. The van der Waals surface area contributed by atoms with Crippen molar-refractivity contribution in [2.75, 3.05) is 6.61 Å². The number of hydrogen-bond acceptors (Lipinski definition) is 1. The Bertz CT molecular complexity index is 649. The SMILES string of the molecule is CCOc1ccc2[nH]c3c(c2c1)C(C)(C)CC(C)(C)C3. The minimum atomic E-state index is 0.209. The molecule has 2 nitrogen and oxygen atoms in total. The molecule has 20 heavy (non-hydrogen) atoms. The van der Waals surface area contributed by atoms with E-state index in [9.17, 15) is 0 Å². The summed E-state index contributed by atoms with van der Waals surface area (Å²) in [6.45, 7) is 12.2. The standard InChI is InChI=1S/C18H25NO/c1-6-20-12-7-8-14-13(9-12)16-15(19-14)10-17(2,3)11-18(16,4)5/h7-9,19H,6,10-11H2,1-5H3. The topological polar surface area (TPSA) is 25.0 Å². The minimum absolute atomic E-state index is 0.209. The fourth-order valence-electron chi connectivity index (χ4n) is 4.21. The van der Waals surface area contributed by atoms with E-state index in [0.717, 1.165) is 12.2 Å². The fourth-order valence-corrected chi connectivity index (χ4v) is 4.21. The van der Waals surface area contributed by atoms with Crippen molar-refractivity contribution in [3.8, 4) is 5.75 Å². The van der Waals surface area contributed by atoms with Crippen LogP contribution in [0.1, 0.15) is 52.3 Å². The third kappa shape index (κ3) is 2.11. The smallest absolute Gasteiger partial charge is 0.120 e. The Morgan fingerprint density at radius 3 is 2.65 bits per heavy atom. The molecule has 0 bridgehead atoms. The Balaban J connectivity index is 2.21. The molecular formula is C18H25NO. The molecule has 1 aliphatic rings. The molecule has 1 aromatic heterocycles. The van der Waals surface area contributed by atoms with Gasteiger partial charge < -0.3 is 9.72 Å². The third-order valence-electron chi connectivity index (χ3n) is 4.41. The minimum Gasteiger partial charge on any atom is -0.494 e. The zero-order chi connectivity index (χ0) is 14.5. The Morgan fingerprint density at radius 2 is 1.95 bits per heavy atom. The van der Waals surface area contributed by atoms with Crippen molar-refractivity contribution in [2.24, 2.45) is 5.41 Å². The lowest BCUT2D eigenvalue weighted by Gasteiger charge is -2.40. The first-order valence-corrected chi connectivity index (χ1v) is 7.60. The van der Waals surface area contributed by atoms with E-state index in [-0.39, 0.29) is 5.41 Å². The summed E-state index contributed by atoms with van der Waals surface area (Å²) in [5.41, 5.74) is 4.72. The van der Waals surface area contributed by atoms with Crippen LogP contribution in [-0.4, -0.2) is 11.6 Å². The van der Waals surface area contributed by atoms with E-state index in [2.05, 4.69) is 50.9 Å². The zero-order valence-corrected chi connectivity index (χ0v) is 13.3. The number of rotatable bonds is 2. The van der Waals surface area contributed by atoms with E-state index < -0.39 is 0 Å². The molecule has 0 spiro atoms. The molecule has 0 atom stereocenters. The number of hydrogen-bond donors (Lipinski definition) is 1. The number of nitrogens with one attached hydrogen (secondary N) is 1. The molecule has 0 saturated heterocycles. The fraction of sp³-hybridized carbons (Fsp3) is 0.556. The monoisotopic (exact) mass is 271 g/mol. The average molecular weight is 271 g/mol. The van der Waals surface area contributed by atoms with Gasteiger partial charge in [0.1, 0.15) is 5.75 Å². The lowest BCUT2D eigenvalue weighted by Crippen LogP contribution is -2.34. The molecule has 1 heterocycles. The molecule has 0 saturated carbocycles. The lowest BCUT2D eigenvalue weighted by atomic mass is 9.64. The van der Waals surface area contributed by atoms with E-state index in [0.29, 0.717) is 12.0 Å². The van der Waals surface area contributed by atoms with Gasteiger partial charge in [0.25, 0.3) is 0 Å². The highest BCUT2D eigenvalue weighted by atomic mass is 16.5. The van der Waals surface area contributed by atoms with Crippen molar-refractivity contribution in [2.45, 2.75) is 52.9 Å². The number of benzene rings is 1. The predicted molar refractivity (Wildman–Crippen MR) is 84.6 cm³/mol. The molecule has 1 N–H and O–H groups in total. The number of H-pyrrole nitrogens is 1. The van der Waals surface area contributed by atoms with Gasteiger partial charge in [-0.05, 0) is 54.4 Å². The van der Waals surface area contributed by atoms with Crippen molar-refractivity contribution < 1.29 is 4.74 Å². The highest BCUT2D eigenvalue weighted by molar-refractivity contribution is 5.87. The first kappa shape index (κ1) is 13.5. The van der Waals surface area contributed by atoms with Crippen molar-refractivity contribution in [3.05, 3.63) is 29.5 Å². The second-order valence-corrected chi connectivity index (χ2v) is 7.52. The van der Waals surface area contributed by atoms with Gasteiger partial charge in [-0.25, -0.2) is 0 Å². The van der Waals surface area contributed by atoms with Gasteiger partial charge in [0.15, 0.2) is 0 Å².